The van der Waals surface area contributed by atoms with E-state index in [2.05, 4.69) is 10.3 Å². The molecule has 2 rings (SSSR count). The molecule has 1 N–H and O–H groups in total. The number of nitrogens with zero attached hydrogens (tertiary/aromatic N) is 2. The minimum Gasteiger partial charge on any atom is -0.327 e. The molecular formula is C10H16ClN3OS. The zero-order valence-corrected chi connectivity index (χ0v) is 11.0. The summed E-state index contributed by atoms with van der Waals surface area (Å²) in [6.45, 7) is 3.63. The molecule has 90 valence electrons. The lowest BCUT2D eigenvalue weighted by atomic mass is 9.89. The van der Waals surface area contributed by atoms with Crippen molar-refractivity contribution in [2.45, 2.75) is 13.3 Å². The second-order valence-corrected chi connectivity index (χ2v) is 5.07. The Kier molecular flexibility index (Phi) is 4.29. The maximum atomic E-state index is 12.0. The summed E-state index contributed by atoms with van der Waals surface area (Å²) in [6.07, 6.45) is 2.79. The second kappa shape index (κ2) is 5.12. The molecule has 1 aliphatic heterocycles. The molecule has 1 atom stereocenters. The highest BCUT2D eigenvalue weighted by atomic mass is 35.5. The van der Waals surface area contributed by atoms with Crippen LogP contribution in [0, 0.1) is 5.41 Å². The molecule has 6 heteroatoms. The fourth-order valence-electron chi connectivity index (χ4n) is 1.66. The van der Waals surface area contributed by atoms with Gasteiger partial charge in [0.1, 0.15) is 0 Å². The Balaban J connectivity index is 0.00000128. The highest BCUT2D eigenvalue weighted by Gasteiger charge is 2.36. The van der Waals surface area contributed by atoms with Crippen molar-refractivity contribution in [3.8, 4) is 0 Å². The first-order chi connectivity index (χ1) is 7.12. The summed E-state index contributed by atoms with van der Waals surface area (Å²) in [6, 6.07) is 0. The fraction of sp³-hybridized carbons (Fsp3) is 0.600. The van der Waals surface area contributed by atoms with Crippen LogP contribution >= 0.6 is 23.7 Å². The van der Waals surface area contributed by atoms with Crippen LogP contribution in [0.5, 0.6) is 0 Å². The van der Waals surface area contributed by atoms with Crippen LogP contribution in [0.25, 0.3) is 0 Å². The highest BCUT2D eigenvalue weighted by Crippen LogP contribution is 2.25. The van der Waals surface area contributed by atoms with E-state index in [1.807, 2.05) is 30.1 Å². The van der Waals surface area contributed by atoms with Gasteiger partial charge in [0.05, 0.1) is 5.41 Å². The van der Waals surface area contributed by atoms with Gasteiger partial charge < -0.3 is 9.88 Å². The molecule has 4 nitrogen and oxygen atoms in total. The second-order valence-electron chi connectivity index (χ2n) is 4.20. The molecule has 1 unspecified atom stereocenters. The van der Waals surface area contributed by atoms with Gasteiger partial charge in [-0.2, -0.15) is 4.99 Å². The molecule has 0 bridgehead atoms. The molecule has 1 aromatic heterocycles. The van der Waals surface area contributed by atoms with E-state index in [0.717, 1.165) is 24.3 Å². The highest BCUT2D eigenvalue weighted by molar-refractivity contribution is 7.07. The van der Waals surface area contributed by atoms with Crippen molar-refractivity contribution in [1.29, 1.82) is 0 Å². The molecule has 0 aromatic carbocycles. The quantitative estimate of drug-likeness (QED) is 0.818. The number of thiazole rings is 1. The van der Waals surface area contributed by atoms with Gasteiger partial charge in [-0.3, -0.25) is 4.79 Å². The number of amides is 1. The molecule has 0 radical (unpaired) electrons. The van der Waals surface area contributed by atoms with Gasteiger partial charge >= 0.3 is 0 Å². The van der Waals surface area contributed by atoms with Crippen LogP contribution in [0.1, 0.15) is 13.3 Å². The van der Waals surface area contributed by atoms with Crippen molar-refractivity contribution in [2.24, 2.45) is 17.5 Å². The van der Waals surface area contributed by atoms with Crippen LogP contribution in [-0.2, 0) is 11.8 Å². The van der Waals surface area contributed by atoms with Gasteiger partial charge in [0.25, 0.3) is 5.91 Å². The van der Waals surface area contributed by atoms with Crippen molar-refractivity contribution in [2.75, 3.05) is 13.1 Å². The molecule has 1 amide bonds. The third-order valence-corrected chi connectivity index (χ3v) is 3.69. The normalized spacial score (nSPS) is 25.5. The lowest BCUT2D eigenvalue weighted by Gasteiger charge is -2.16. The van der Waals surface area contributed by atoms with Crippen LogP contribution in [0.3, 0.4) is 0 Å². The van der Waals surface area contributed by atoms with Gasteiger partial charge in [-0.15, -0.1) is 23.7 Å². The maximum Gasteiger partial charge on any atom is 0.255 e. The summed E-state index contributed by atoms with van der Waals surface area (Å²) in [5.74, 6) is -0.00875. The predicted molar refractivity (Wildman–Crippen MR) is 66.7 cm³/mol. The standard InChI is InChI=1S/C10H15N3OS.ClH/c1-10(3-4-11-7-10)8(14)12-9-13(2)5-6-15-9;/h5-6,11H,3-4,7H2,1-2H3;1H. The summed E-state index contributed by atoms with van der Waals surface area (Å²) < 4.78 is 1.87. The molecule has 0 saturated carbocycles. The number of hydrogen-bond donors (Lipinski definition) is 1. The topological polar surface area (TPSA) is 46.4 Å². The van der Waals surface area contributed by atoms with E-state index in [-0.39, 0.29) is 23.7 Å². The summed E-state index contributed by atoms with van der Waals surface area (Å²) >= 11 is 1.49. The molecule has 16 heavy (non-hydrogen) atoms. The monoisotopic (exact) mass is 261 g/mol. The summed E-state index contributed by atoms with van der Waals surface area (Å²) in [5, 5.41) is 5.14. The van der Waals surface area contributed by atoms with E-state index in [0.29, 0.717) is 0 Å². The molecule has 0 spiro atoms. The van der Waals surface area contributed by atoms with E-state index >= 15 is 0 Å². The average molecular weight is 262 g/mol. The van der Waals surface area contributed by atoms with Gasteiger partial charge in [0.2, 0.25) is 0 Å². The Morgan fingerprint density at radius 2 is 2.44 bits per heavy atom. The van der Waals surface area contributed by atoms with E-state index < -0.39 is 0 Å². The van der Waals surface area contributed by atoms with Crippen molar-refractivity contribution >= 4 is 29.7 Å². The zero-order chi connectivity index (χ0) is 10.9. The Morgan fingerprint density at radius 3 is 2.94 bits per heavy atom. The third-order valence-electron chi connectivity index (χ3n) is 2.84. The largest absolute Gasteiger partial charge is 0.327 e. The first kappa shape index (κ1) is 13.4. The SMILES string of the molecule is Cl.Cn1ccsc1=NC(=O)C1(C)CCNC1. The third kappa shape index (κ3) is 2.53. The van der Waals surface area contributed by atoms with Gasteiger partial charge in [-0.25, -0.2) is 0 Å². The lowest BCUT2D eigenvalue weighted by molar-refractivity contribution is -0.125. The van der Waals surface area contributed by atoms with Gasteiger partial charge in [-0.1, -0.05) is 0 Å². The number of rotatable bonds is 1. The summed E-state index contributed by atoms with van der Waals surface area (Å²) in [5.41, 5.74) is -0.309. The maximum absolute atomic E-state index is 12.0. The lowest BCUT2D eigenvalue weighted by Crippen LogP contribution is -2.30. The number of aryl methyl sites for hydroxylation is 1. The van der Waals surface area contributed by atoms with Crippen molar-refractivity contribution in [1.82, 2.24) is 9.88 Å². The Morgan fingerprint density at radius 1 is 1.69 bits per heavy atom. The van der Waals surface area contributed by atoms with Crippen LogP contribution < -0.4 is 10.1 Å². The molecule has 1 saturated heterocycles. The van der Waals surface area contributed by atoms with E-state index in [1.165, 1.54) is 11.3 Å². The Labute approximate surface area is 105 Å². The minimum atomic E-state index is -0.309. The molecule has 1 aromatic rings. The van der Waals surface area contributed by atoms with E-state index in [9.17, 15) is 4.79 Å². The smallest absolute Gasteiger partial charge is 0.255 e. The number of nitrogens with one attached hydrogen (secondary N) is 1. The molecule has 1 fully saturated rings. The Hall–Kier alpha value is -0.650. The first-order valence-electron chi connectivity index (χ1n) is 5.02. The van der Waals surface area contributed by atoms with Crippen LogP contribution in [-0.4, -0.2) is 23.6 Å². The summed E-state index contributed by atoms with van der Waals surface area (Å²) in [4.78, 5) is 16.9. The average Bonchev–Trinajstić information content (AvgIpc) is 2.78. The van der Waals surface area contributed by atoms with Gasteiger partial charge in [-0.05, 0) is 19.9 Å². The van der Waals surface area contributed by atoms with Gasteiger partial charge in [0.15, 0.2) is 4.80 Å². The van der Waals surface area contributed by atoms with Crippen LogP contribution in [0.15, 0.2) is 16.6 Å². The fourth-order valence-corrected chi connectivity index (χ4v) is 2.38. The number of carbonyl (C=O) groups is 1. The predicted octanol–water partition coefficient (Wildman–Crippen LogP) is 0.935. The Bertz CT molecular complexity index is 431. The van der Waals surface area contributed by atoms with Crippen molar-refractivity contribution in [3.05, 3.63) is 16.4 Å². The minimum absolute atomic E-state index is 0. The van der Waals surface area contributed by atoms with Gasteiger partial charge in [0, 0.05) is 25.2 Å². The van der Waals surface area contributed by atoms with Crippen molar-refractivity contribution in [3.63, 3.8) is 0 Å². The number of carbonyl (C=O) groups excluding carboxylic acids is 1. The molecule has 0 aliphatic carbocycles. The number of aromatic nitrogens is 1. The summed E-state index contributed by atoms with van der Waals surface area (Å²) in [7, 11) is 1.90. The first-order valence-corrected chi connectivity index (χ1v) is 5.90. The number of hydrogen-bond acceptors (Lipinski definition) is 3. The number of halogens is 1. The molecule has 1 aliphatic rings. The van der Waals surface area contributed by atoms with Crippen molar-refractivity contribution < 1.29 is 4.79 Å². The zero-order valence-electron chi connectivity index (χ0n) is 9.40. The van der Waals surface area contributed by atoms with Crippen LogP contribution in [0.4, 0.5) is 0 Å². The molecule has 2 heterocycles. The molecular weight excluding hydrogens is 246 g/mol. The van der Waals surface area contributed by atoms with E-state index in [1.54, 1.807) is 0 Å². The van der Waals surface area contributed by atoms with Crippen LogP contribution in [0.2, 0.25) is 0 Å². The van der Waals surface area contributed by atoms with E-state index in [4.69, 9.17) is 0 Å².